The average Bonchev–Trinajstić information content (AvgIpc) is 3.08. The van der Waals surface area contributed by atoms with Crippen molar-refractivity contribution in [1.82, 2.24) is 10.2 Å². The van der Waals surface area contributed by atoms with Crippen molar-refractivity contribution in [2.24, 2.45) is 5.73 Å². The number of hydrogen-bond donors (Lipinski definition) is 3. The number of carbonyl (C=O) groups is 2. The Morgan fingerprint density at radius 2 is 1.70 bits per heavy atom. The van der Waals surface area contributed by atoms with Gasteiger partial charge in [0, 0.05) is 24.4 Å². The molecule has 1 saturated heterocycles. The number of likely N-dealkylation sites (tertiary alicyclic amines) is 1. The molecule has 1 aliphatic carbocycles. The number of nitrogens with one attached hydrogen (secondary N) is 1. The number of benzene rings is 2. The van der Waals surface area contributed by atoms with Gasteiger partial charge in [-0.1, -0.05) is 61.5 Å². The Morgan fingerprint density at radius 1 is 1.09 bits per heavy atom. The molecule has 3 atom stereocenters. The Balaban J connectivity index is 1.53. The van der Waals surface area contributed by atoms with Crippen LogP contribution in [0, 0.1) is 0 Å². The predicted molar refractivity (Wildman–Crippen MR) is 129 cm³/mol. The minimum Gasteiger partial charge on any atom is -0.388 e. The minimum absolute atomic E-state index is 0.0781. The highest BCUT2D eigenvalue weighted by molar-refractivity contribution is 5.92. The second kappa shape index (κ2) is 8.92. The van der Waals surface area contributed by atoms with Crippen LogP contribution in [-0.4, -0.2) is 46.5 Å². The van der Waals surface area contributed by atoms with Crippen molar-refractivity contribution in [3.05, 3.63) is 71.3 Å². The summed E-state index contributed by atoms with van der Waals surface area (Å²) < 4.78 is 0. The van der Waals surface area contributed by atoms with E-state index in [-0.39, 0.29) is 23.1 Å². The summed E-state index contributed by atoms with van der Waals surface area (Å²) in [6, 6.07) is 17.2. The molecule has 1 fully saturated rings. The smallest absolute Gasteiger partial charge is 0.245 e. The molecule has 2 aromatic carbocycles. The van der Waals surface area contributed by atoms with Crippen molar-refractivity contribution in [1.29, 1.82) is 0 Å². The number of fused-ring (bicyclic) bond motifs is 2. The Hall–Kier alpha value is -2.70. The number of hydrogen-bond acceptors (Lipinski definition) is 4. The van der Waals surface area contributed by atoms with Crippen LogP contribution in [-0.2, 0) is 15.0 Å². The van der Waals surface area contributed by atoms with Crippen LogP contribution >= 0.6 is 0 Å². The molecule has 33 heavy (non-hydrogen) atoms. The number of nitrogens with two attached hydrogens (primary N) is 1. The third-order valence-electron chi connectivity index (χ3n) is 7.47. The summed E-state index contributed by atoms with van der Waals surface area (Å²) in [6.45, 7) is 6.45. The van der Waals surface area contributed by atoms with E-state index in [4.69, 9.17) is 5.73 Å². The summed E-state index contributed by atoms with van der Waals surface area (Å²) >= 11 is 0. The third-order valence-corrected chi connectivity index (χ3v) is 7.47. The fourth-order valence-corrected chi connectivity index (χ4v) is 5.36. The number of rotatable bonds is 5. The van der Waals surface area contributed by atoms with Gasteiger partial charge in [0.2, 0.25) is 11.8 Å². The second-order valence-electron chi connectivity index (χ2n) is 10.3. The summed E-state index contributed by atoms with van der Waals surface area (Å²) in [5.41, 5.74) is 8.09. The first-order valence-electron chi connectivity index (χ1n) is 11.8. The highest BCUT2D eigenvalue weighted by Crippen LogP contribution is 2.50. The Bertz CT molecular complexity index is 1010. The Kier molecular flexibility index (Phi) is 6.34. The first kappa shape index (κ1) is 23.5. The Morgan fingerprint density at radius 3 is 2.33 bits per heavy atom. The van der Waals surface area contributed by atoms with Gasteiger partial charge in [0.1, 0.15) is 6.04 Å². The molecule has 1 aliphatic heterocycles. The van der Waals surface area contributed by atoms with Crippen LogP contribution in [0.5, 0.6) is 0 Å². The van der Waals surface area contributed by atoms with E-state index in [1.165, 1.54) is 5.56 Å². The predicted octanol–water partition coefficient (Wildman–Crippen LogP) is 3.01. The van der Waals surface area contributed by atoms with E-state index in [1.807, 2.05) is 60.4 Å². The lowest BCUT2D eigenvalue weighted by Crippen LogP contribution is -2.59. The molecule has 4 rings (SSSR count). The summed E-state index contributed by atoms with van der Waals surface area (Å²) in [5, 5.41) is 13.5. The number of aliphatic hydroxyl groups excluding tert-OH is 1. The zero-order valence-corrected chi connectivity index (χ0v) is 19.8. The lowest BCUT2D eigenvalue weighted by atomic mass is 9.73. The monoisotopic (exact) mass is 449 g/mol. The number of piperidine rings is 1. The number of aliphatic hydroxyl groups is 1. The second-order valence-corrected chi connectivity index (χ2v) is 10.3. The van der Waals surface area contributed by atoms with Gasteiger partial charge in [-0.15, -0.1) is 0 Å². The maximum absolute atomic E-state index is 13.7. The molecule has 1 spiro atoms. The van der Waals surface area contributed by atoms with Crippen molar-refractivity contribution in [2.75, 3.05) is 13.1 Å². The SMILES string of the molecule is C[C@@H](c1ccccc1)[C@H](NC(=O)C(C)(C)N)C(=O)N1CCC2(CC1)C[C@H](O)c1ccccc12. The van der Waals surface area contributed by atoms with Gasteiger partial charge in [-0.2, -0.15) is 0 Å². The lowest BCUT2D eigenvalue weighted by molar-refractivity contribution is -0.139. The van der Waals surface area contributed by atoms with Gasteiger partial charge in [0.25, 0.3) is 0 Å². The van der Waals surface area contributed by atoms with Gasteiger partial charge in [0.05, 0.1) is 11.6 Å². The van der Waals surface area contributed by atoms with Crippen LogP contribution < -0.4 is 11.1 Å². The van der Waals surface area contributed by atoms with E-state index in [2.05, 4.69) is 11.4 Å². The van der Waals surface area contributed by atoms with Gasteiger partial charge >= 0.3 is 0 Å². The van der Waals surface area contributed by atoms with E-state index in [0.717, 1.165) is 24.0 Å². The van der Waals surface area contributed by atoms with Crippen molar-refractivity contribution in [3.8, 4) is 0 Å². The van der Waals surface area contributed by atoms with Gasteiger partial charge < -0.3 is 21.1 Å². The molecule has 6 nitrogen and oxygen atoms in total. The fourth-order valence-electron chi connectivity index (χ4n) is 5.36. The maximum Gasteiger partial charge on any atom is 0.245 e. The molecule has 2 aliphatic rings. The van der Waals surface area contributed by atoms with Crippen LogP contribution in [0.25, 0.3) is 0 Å². The molecule has 1 heterocycles. The topological polar surface area (TPSA) is 95.7 Å². The number of carbonyl (C=O) groups excluding carboxylic acids is 2. The quantitative estimate of drug-likeness (QED) is 0.654. The molecule has 176 valence electrons. The molecule has 0 unspecified atom stereocenters. The number of amides is 2. The van der Waals surface area contributed by atoms with Crippen LogP contribution in [0.1, 0.15) is 68.7 Å². The van der Waals surface area contributed by atoms with Crippen molar-refractivity contribution in [3.63, 3.8) is 0 Å². The van der Waals surface area contributed by atoms with Crippen molar-refractivity contribution < 1.29 is 14.7 Å². The van der Waals surface area contributed by atoms with Crippen LogP contribution in [0.15, 0.2) is 54.6 Å². The standard InChI is InChI=1S/C27H35N3O3/c1-18(19-9-5-4-6-10-19)23(29-25(33)26(2,3)28)24(32)30-15-13-27(14-16-30)17-22(31)20-11-7-8-12-21(20)27/h4-12,18,22-23,31H,13-17,28H2,1-3H3,(H,29,33)/t18-,22-,23-/m0/s1. The van der Waals surface area contributed by atoms with Crippen LogP contribution in [0.4, 0.5) is 0 Å². The first-order chi connectivity index (χ1) is 15.6. The summed E-state index contributed by atoms with van der Waals surface area (Å²) in [5.74, 6) is -0.620. The molecule has 0 bridgehead atoms. The minimum atomic E-state index is -1.08. The zero-order valence-electron chi connectivity index (χ0n) is 19.8. The maximum atomic E-state index is 13.7. The van der Waals surface area contributed by atoms with Gasteiger partial charge in [-0.05, 0) is 49.8 Å². The molecule has 4 N–H and O–H groups in total. The largest absolute Gasteiger partial charge is 0.388 e. The third kappa shape index (κ3) is 4.55. The normalized spacial score (nSPS) is 21.4. The van der Waals surface area contributed by atoms with Crippen molar-refractivity contribution >= 4 is 11.8 Å². The van der Waals surface area contributed by atoms with Gasteiger partial charge in [0.15, 0.2) is 0 Å². The van der Waals surface area contributed by atoms with Crippen molar-refractivity contribution in [2.45, 2.75) is 69.1 Å². The zero-order chi connectivity index (χ0) is 23.8. The lowest BCUT2D eigenvalue weighted by Gasteiger charge is -2.42. The average molecular weight is 450 g/mol. The first-order valence-corrected chi connectivity index (χ1v) is 11.8. The van der Waals surface area contributed by atoms with Gasteiger partial charge in [-0.25, -0.2) is 0 Å². The molecular formula is C27H35N3O3. The fraction of sp³-hybridized carbons (Fsp3) is 0.481. The molecular weight excluding hydrogens is 414 g/mol. The molecule has 0 radical (unpaired) electrons. The molecule has 2 amide bonds. The number of nitrogens with zero attached hydrogens (tertiary/aromatic N) is 1. The van der Waals surface area contributed by atoms with E-state index in [0.29, 0.717) is 19.5 Å². The Labute approximate surface area is 196 Å². The summed E-state index contributed by atoms with van der Waals surface area (Å²) in [6.07, 6.45) is 1.86. The van der Waals surface area contributed by atoms with Crippen LogP contribution in [0.2, 0.25) is 0 Å². The summed E-state index contributed by atoms with van der Waals surface area (Å²) in [4.78, 5) is 28.3. The van der Waals surface area contributed by atoms with Gasteiger partial charge in [-0.3, -0.25) is 9.59 Å². The van der Waals surface area contributed by atoms with E-state index in [9.17, 15) is 14.7 Å². The van der Waals surface area contributed by atoms with E-state index < -0.39 is 17.7 Å². The molecule has 6 heteroatoms. The summed E-state index contributed by atoms with van der Waals surface area (Å²) in [7, 11) is 0. The highest BCUT2D eigenvalue weighted by atomic mass is 16.3. The van der Waals surface area contributed by atoms with Crippen LogP contribution in [0.3, 0.4) is 0 Å². The van der Waals surface area contributed by atoms with E-state index in [1.54, 1.807) is 13.8 Å². The molecule has 2 aromatic rings. The molecule has 0 aromatic heterocycles. The highest BCUT2D eigenvalue weighted by Gasteiger charge is 2.46. The van der Waals surface area contributed by atoms with E-state index >= 15 is 0 Å². The molecule has 0 saturated carbocycles.